The van der Waals surface area contributed by atoms with Crippen molar-refractivity contribution in [1.82, 2.24) is 0 Å². The summed E-state index contributed by atoms with van der Waals surface area (Å²) in [5.74, 6) is 0. The number of alkyl halides is 1. The maximum Gasteiger partial charge on any atom is 0.111 e. The molecule has 0 spiro atoms. The van der Waals surface area contributed by atoms with Gasteiger partial charge >= 0.3 is 0 Å². The molecule has 0 radical (unpaired) electrons. The average molecular weight is 415 g/mol. The second kappa shape index (κ2) is 22.8. The SMILES string of the molecule is C=COCCOCCOCCOCCOCCOCCOCCBr. The Morgan fingerprint density at radius 1 is 0.500 bits per heavy atom. The fourth-order valence-electron chi connectivity index (χ4n) is 1.45. The standard InChI is InChI=1S/C16H31BrO7/c1-2-18-5-6-20-9-10-22-13-14-24-16-15-23-12-11-21-8-7-19-4-3-17/h2H,1,3-16H2. The van der Waals surface area contributed by atoms with Crippen LogP contribution in [0.3, 0.4) is 0 Å². The zero-order valence-electron chi connectivity index (χ0n) is 14.4. The van der Waals surface area contributed by atoms with E-state index in [4.69, 9.17) is 33.2 Å². The molecule has 24 heavy (non-hydrogen) atoms. The van der Waals surface area contributed by atoms with Gasteiger partial charge in [0.25, 0.3) is 0 Å². The molecule has 0 aliphatic rings. The van der Waals surface area contributed by atoms with E-state index in [0.717, 1.165) is 5.33 Å². The van der Waals surface area contributed by atoms with Gasteiger partial charge in [0.15, 0.2) is 0 Å². The van der Waals surface area contributed by atoms with E-state index >= 15 is 0 Å². The third-order valence-electron chi connectivity index (χ3n) is 2.54. The van der Waals surface area contributed by atoms with Gasteiger partial charge in [-0.1, -0.05) is 22.5 Å². The number of ether oxygens (including phenoxy) is 7. The molecule has 0 aromatic carbocycles. The normalized spacial score (nSPS) is 10.9. The molecular weight excluding hydrogens is 384 g/mol. The molecule has 0 rings (SSSR count). The van der Waals surface area contributed by atoms with Gasteiger partial charge in [0, 0.05) is 5.33 Å². The molecule has 0 fully saturated rings. The number of rotatable bonds is 21. The fraction of sp³-hybridized carbons (Fsp3) is 0.875. The summed E-state index contributed by atoms with van der Waals surface area (Å²) in [6.07, 6.45) is 1.40. The van der Waals surface area contributed by atoms with Crippen molar-refractivity contribution in [2.45, 2.75) is 0 Å². The largest absolute Gasteiger partial charge is 0.499 e. The second-order valence-corrected chi connectivity index (χ2v) is 5.19. The predicted molar refractivity (Wildman–Crippen MR) is 94.9 cm³/mol. The van der Waals surface area contributed by atoms with Gasteiger partial charge < -0.3 is 33.2 Å². The summed E-state index contributed by atoms with van der Waals surface area (Å²) in [5.41, 5.74) is 0. The minimum atomic E-state index is 0.516. The smallest absolute Gasteiger partial charge is 0.111 e. The molecule has 0 unspecified atom stereocenters. The summed E-state index contributed by atoms with van der Waals surface area (Å²) in [6, 6.07) is 0. The summed E-state index contributed by atoms with van der Waals surface area (Å²) in [7, 11) is 0. The van der Waals surface area contributed by atoms with Crippen LogP contribution in [0.2, 0.25) is 0 Å². The topological polar surface area (TPSA) is 64.6 Å². The molecule has 0 aromatic rings. The molecule has 7 nitrogen and oxygen atoms in total. The molecule has 0 saturated carbocycles. The second-order valence-electron chi connectivity index (χ2n) is 4.40. The highest BCUT2D eigenvalue weighted by Crippen LogP contribution is 1.86. The molecule has 0 saturated heterocycles. The van der Waals surface area contributed by atoms with E-state index in [1.807, 2.05) is 0 Å². The van der Waals surface area contributed by atoms with Crippen LogP contribution in [0.4, 0.5) is 0 Å². The summed E-state index contributed by atoms with van der Waals surface area (Å²) in [6.45, 7) is 10.8. The van der Waals surface area contributed by atoms with Gasteiger partial charge in [-0.2, -0.15) is 0 Å². The van der Waals surface area contributed by atoms with Gasteiger partial charge in [0.1, 0.15) is 6.61 Å². The molecular formula is C16H31BrO7. The molecule has 0 N–H and O–H groups in total. The van der Waals surface area contributed by atoms with Crippen molar-refractivity contribution in [2.75, 3.05) is 91.2 Å². The van der Waals surface area contributed by atoms with Crippen LogP contribution in [0, 0.1) is 0 Å². The van der Waals surface area contributed by atoms with E-state index in [1.54, 1.807) is 0 Å². The molecule has 144 valence electrons. The Hall–Kier alpha value is -0.220. The number of halogens is 1. The van der Waals surface area contributed by atoms with Gasteiger partial charge in [-0.05, 0) is 0 Å². The zero-order valence-corrected chi connectivity index (χ0v) is 16.0. The van der Waals surface area contributed by atoms with Crippen molar-refractivity contribution in [1.29, 1.82) is 0 Å². The number of hydrogen-bond donors (Lipinski definition) is 0. The van der Waals surface area contributed by atoms with Crippen LogP contribution in [0.25, 0.3) is 0 Å². The molecule has 0 aliphatic carbocycles. The van der Waals surface area contributed by atoms with Crippen molar-refractivity contribution < 1.29 is 33.2 Å². The van der Waals surface area contributed by atoms with Crippen LogP contribution in [-0.4, -0.2) is 91.2 Å². The third-order valence-corrected chi connectivity index (χ3v) is 2.87. The van der Waals surface area contributed by atoms with Crippen LogP contribution in [0.1, 0.15) is 0 Å². The highest BCUT2D eigenvalue weighted by molar-refractivity contribution is 9.09. The van der Waals surface area contributed by atoms with Crippen molar-refractivity contribution in [3.63, 3.8) is 0 Å². The zero-order chi connectivity index (χ0) is 17.6. The van der Waals surface area contributed by atoms with E-state index in [2.05, 4.69) is 22.5 Å². The first-order chi connectivity index (χ1) is 11.9. The maximum absolute atomic E-state index is 5.38. The van der Waals surface area contributed by atoms with Gasteiger partial charge in [0.2, 0.25) is 0 Å². The van der Waals surface area contributed by atoms with E-state index in [0.29, 0.717) is 85.9 Å². The Bertz CT molecular complexity index is 244. The Balaban J connectivity index is 2.94. The lowest BCUT2D eigenvalue weighted by atomic mass is 10.7. The van der Waals surface area contributed by atoms with E-state index in [1.165, 1.54) is 6.26 Å². The Morgan fingerprint density at radius 2 is 0.792 bits per heavy atom. The first kappa shape index (κ1) is 23.8. The minimum absolute atomic E-state index is 0.516. The monoisotopic (exact) mass is 414 g/mol. The molecule has 0 aromatic heterocycles. The van der Waals surface area contributed by atoms with Crippen LogP contribution >= 0.6 is 15.9 Å². The number of hydrogen-bond acceptors (Lipinski definition) is 7. The van der Waals surface area contributed by atoms with Crippen LogP contribution in [0.15, 0.2) is 12.8 Å². The quantitative estimate of drug-likeness (QED) is 0.160. The lowest BCUT2D eigenvalue weighted by Crippen LogP contribution is -2.14. The summed E-state index contributed by atoms with van der Waals surface area (Å²) in [4.78, 5) is 0. The molecule has 0 bridgehead atoms. The molecule has 0 amide bonds. The lowest BCUT2D eigenvalue weighted by Gasteiger charge is -2.08. The van der Waals surface area contributed by atoms with E-state index in [-0.39, 0.29) is 0 Å². The van der Waals surface area contributed by atoms with Gasteiger partial charge in [-0.25, -0.2) is 0 Å². The molecule has 0 aliphatic heterocycles. The van der Waals surface area contributed by atoms with Gasteiger partial charge in [-0.3, -0.25) is 0 Å². The van der Waals surface area contributed by atoms with Gasteiger partial charge in [-0.15, -0.1) is 0 Å². The van der Waals surface area contributed by atoms with E-state index in [9.17, 15) is 0 Å². The lowest BCUT2D eigenvalue weighted by molar-refractivity contribution is -0.0178. The maximum atomic E-state index is 5.38. The van der Waals surface area contributed by atoms with Gasteiger partial charge in [0.05, 0.1) is 85.5 Å². The van der Waals surface area contributed by atoms with Crippen molar-refractivity contribution in [2.24, 2.45) is 0 Å². The summed E-state index contributed by atoms with van der Waals surface area (Å²) >= 11 is 3.29. The highest BCUT2D eigenvalue weighted by Gasteiger charge is 1.94. The molecule has 0 atom stereocenters. The van der Waals surface area contributed by atoms with E-state index < -0.39 is 0 Å². The summed E-state index contributed by atoms with van der Waals surface area (Å²) in [5, 5.41) is 0.848. The Morgan fingerprint density at radius 3 is 1.08 bits per heavy atom. The molecule has 0 heterocycles. The van der Waals surface area contributed by atoms with Crippen LogP contribution in [-0.2, 0) is 33.2 Å². The Labute approximate surface area is 153 Å². The fourth-order valence-corrected chi connectivity index (χ4v) is 1.68. The van der Waals surface area contributed by atoms with Crippen molar-refractivity contribution >= 4 is 15.9 Å². The average Bonchev–Trinajstić information content (AvgIpc) is 2.60. The predicted octanol–water partition coefficient (Wildman–Crippen LogP) is 1.64. The first-order valence-corrected chi connectivity index (χ1v) is 9.29. The van der Waals surface area contributed by atoms with Crippen molar-refractivity contribution in [3.8, 4) is 0 Å². The minimum Gasteiger partial charge on any atom is -0.499 e. The summed E-state index contributed by atoms with van der Waals surface area (Å²) < 4.78 is 36.9. The third kappa shape index (κ3) is 21.8. The molecule has 8 heteroatoms. The van der Waals surface area contributed by atoms with Crippen LogP contribution < -0.4 is 0 Å². The van der Waals surface area contributed by atoms with Crippen molar-refractivity contribution in [3.05, 3.63) is 12.8 Å². The van der Waals surface area contributed by atoms with Crippen LogP contribution in [0.5, 0.6) is 0 Å². The Kier molecular flexibility index (Phi) is 22.6. The first-order valence-electron chi connectivity index (χ1n) is 8.16. The highest BCUT2D eigenvalue weighted by atomic mass is 79.9.